The topological polar surface area (TPSA) is 91.0 Å². The van der Waals surface area contributed by atoms with Gasteiger partial charge in [-0.05, 0) is 12.1 Å². The van der Waals surface area contributed by atoms with Gasteiger partial charge in [0.05, 0.1) is 16.3 Å². The molecule has 1 amide bonds. The molecule has 0 saturated heterocycles. The van der Waals surface area contributed by atoms with E-state index in [0.29, 0.717) is 11.3 Å². The Morgan fingerprint density at radius 3 is 2.71 bits per heavy atom. The minimum absolute atomic E-state index is 0.0803. The number of para-hydroxylation sites is 1. The lowest BCUT2D eigenvalue weighted by molar-refractivity contribution is 0.0964. The van der Waals surface area contributed by atoms with E-state index < -0.39 is 0 Å². The fourth-order valence-electron chi connectivity index (χ4n) is 1.21. The van der Waals surface area contributed by atoms with Crippen LogP contribution in [0.15, 0.2) is 35.1 Å². The number of carbonyl (C=O) groups is 1. The molecule has 0 aliphatic rings. The van der Waals surface area contributed by atoms with Crippen LogP contribution in [0.5, 0.6) is 0 Å². The first-order valence-corrected chi connectivity index (χ1v) is 5.21. The van der Waals surface area contributed by atoms with Crippen molar-refractivity contribution in [3.63, 3.8) is 0 Å². The van der Waals surface area contributed by atoms with E-state index in [4.69, 9.17) is 22.7 Å². The lowest BCUT2D eigenvalue weighted by Gasteiger charge is -2.11. The average molecular weight is 253 g/mol. The molecule has 90 valence electrons. The molecule has 6 heteroatoms. The summed E-state index contributed by atoms with van der Waals surface area (Å²) in [5, 5.41) is 12.4. The maximum atomic E-state index is 11.6. The quantitative estimate of drug-likeness (QED) is 0.612. The molecule has 0 aliphatic heterocycles. The van der Waals surface area contributed by atoms with Crippen LogP contribution in [0.3, 0.4) is 0 Å². The van der Waals surface area contributed by atoms with Gasteiger partial charge in [-0.1, -0.05) is 23.7 Å². The average Bonchev–Trinajstić information content (AvgIpc) is 2.37. The minimum atomic E-state index is -0.230. The number of allylic oxidation sites excluding steroid dienone is 1. The number of rotatable bonds is 4. The summed E-state index contributed by atoms with van der Waals surface area (Å²) < 4.78 is 0. The van der Waals surface area contributed by atoms with Crippen LogP contribution >= 0.6 is 11.6 Å². The Morgan fingerprint density at radius 2 is 2.12 bits per heavy atom. The summed E-state index contributed by atoms with van der Waals surface area (Å²) in [6.45, 7) is 0. The van der Waals surface area contributed by atoms with Gasteiger partial charge in [0.1, 0.15) is 5.82 Å². The Bertz CT molecular complexity index is 470. The van der Waals surface area contributed by atoms with E-state index in [1.165, 1.54) is 0 Å². The SMILES string of the molecule is CNC(=O)c1ccccc1N/C(N)=C(\Cl)C=N. The molecule has 0 aromatic heterocycles. The second-order valence-corrected chi connectivity index (χ2v) is 3.56. The molecular formula is C11H13ClN4O. The number of halogens is 1. The van der Waals surface area contributed by atoms with Gasteiger partial charge in [0.25, 0.3) is 5.91 Å². The van der Waals surface area contributed by atoms with Crippen LogP contribution in [-0.4, -0.2) is 19.2 Å². The zero-order chi connectivity index (χ0) is 12.8. The molecule has 1 aromatic carbocycles. The summed E-state index contributed by atoms with van der Waals surface area (Å²) in [5.74, 6) is -0.107. The standard InChI is InChI=1S/C11H13ClN4O/c1-15-11(17)7-4-2-3-5-9(7)16-10(14)8(12)6-13/h2-6,13,16H,14H2,1H3,(H,15,17)/b10-8-,13-6?. The first-order valence-electron chi connectivity index (χ1n) is 4.84. The zero-order valence-electron chi connectivity index (χ0n) is 9.25. The van der Waals surface area contributed by atoms with Crippen molar-refractivity contribution in [1.82, 2.24) is 5.32 Å². The third kappa shape index (κ3) is 3.22. The van der Waals surface area contributed by atoms with Crippen molar-refractivity contribution in [2.45, 2.75) is 0 Å². The first kappa shape index (κ1) is 13.1. The molecule has 0 fully saturated rings. The molecule has 0 aliphatic carbocycles. The van der Waals surface area contributed by atoms with E-state index in [1.54, 1.807) is 31.3 Å². The van der Waals surface area contributed by atoms with Gasteiger partial charge in [0.2, 0.25) is 0 Å². The highest BCUT2D eigenvalue weighted by molar-refractivity contribution is 6.39. The van der Waals surface area contributed by atoms with E-state index in [-0.39, 0.29) is 16.8 Å². The number of benzene rings is 1. The van der Waals surface area contributed by atoms with Gasteiger partial charge in [-0.2, -0.15) is 0 Å². The summed E-state index contributed by atoms with van der Waals surface area (Å²) in [6.07, 6.45) is 0.923. The Balaban J connectivity index is 3.07. The number of nitrogens with one attached hydrogen (secondary N) is 3. The largest absolute Gasteiger partial charge is 0.384 e. The number of hydrogen-bond acceptors (Lipinski definition) is 4. The predicted molar refractivity (Wildman–Crippen MR) is 69.3 cm³/mol. The second-order valence-electron chi connectivity index (χ2n) is 3.16. The van der Waals surface area contributed by atoms with Crippen LogP contribution in [0.25, 0.3) is 0 Å². The van der Waals surface area contributed by atoms with E-state index in [1.807, 2.05) is 0 Å². The van der Waals surface area contributed by atoms with E-state index in [2.05, 4.69) is 10.6 Å². The Morgan fingerprint density at radius 1 is 1.47 bits per heavy atom. The van der Waals surface area contributed by atoms with Crippen LogP contribution in [0.1, 0.15) is 10.4 Å². The lowest BCUT2D eigenvalue weighted by atomic mass is 10.1. The van der Waals surface area contributed by atoms with Gasteiger partial charge in [0, 0.05) is 13.3 Å². The van der Waals surface area contributed by atoms with Gasteiger partial charge in [-0.25, -0.2) is 0 Å². The van der Waals surface area contributed by atoms with E-state index in [0.717, 1.165) is 6.21 Å². The van der Waals surface area contributed by atoms with Crippen molar-refractivity contribution in [2.24, 2.45) is 5.73 Å². The molecule has 1 aromatic rings. The van der Waals surface area contributed by atoms with E-state index in [9.17, 15) is 4.79 Å². The maximum absolute atomic E-state index is 11.6. The van der Waals surface area contributed by atoms with Crippen molar-refractivity contribution in [3.8, 4) is 0 Å². The molecule has 0 saturated carbocycles. The highest BCUT2D eigenvalue weighted by Gasteiger charge is 2.09. The smallest absolute Gasteiger partial charge is 0.253 e. The van der Waals surface area contributed by atoms with Crippen LogP contribution in [0.4, 0.5) is 5.69 Å². The summed E-state index contributed by atoms with van der Waals surface area (Å²) >= 11 is 5.68. The number of carbonyl (C=O) groups excluding carboxylic acids is 1. The Labute approximate surface area is 104 Å². The number of anilines is 1. The van der Waals surface area contributed by atoms with Crippen LogP contribution < -0.4 is 16.4 Å². The molecule has 17 heavy (non-hydrogen) atoms. The van der Waals surface area contributed by atoms with Crippen LogP contribution in [-0.2, 0) is 0 Å². The fraction of sp³-hybridized carbons (Fsp3) is 0.0909. The van der Waals surface area contributed by atoms with Gasteiger partial charge in [-0.3, -0.25) is 4.79 Å². The maximum Gasteiger partial charge on any atom is 0.253 e. The number of amides is 1. The summed E-state index contributed by atoms with van der Waals surface area (Å²) in [6, 6.07) is 6.87. The monoisotopic (exact) mass is 252 g/mol. The van der Waals surface area contributed by atoms with Gasteiger partial charge in [-0.15, -0.1) is 0 Å². The highest BCUT2D eigenvalue weighted by Crippen LogP contribution is 2.17. The fourth-order valence-corrected chi connectivity index (χ4v) is 1.25. The molecule has 5 nitrogen and oxygen atoms in total. The summed E-state index contributed by atoms with van der Waals surface area (Å²) in [7, 11) is 1.54. The van der Waals surface area contributed by atoms with Gasteiger partial charge < -0.3 is 21.8 Å². The zero-order valence-corrected chi connectivity index (χ0v) is 10.0. The highest BCUT2D eigenvalue weighted by atomic mass is 35.5. The first-order chi connectivity index (χ1) is 8.10. The van der Waals surface area contributed by atoms with Crippen molar-refractivity contribution >= 4 is 29.4 Å². The Kier molecular flexibility index (Phi) is 4.54. The third-order valence-corrected chi connectivity index (χ3v) is 2.36. The van der Waals surface area contributed by atoms with Crippen molar-refractivity contribution in [1.29, 1.82) is 5.41 Å². The molecule has 0 radical (unpaired) electrons. The normalized spacial score (nSPS) is 11.4. The molecular weight excluding hydrogens is 240 g/mol. The van der Waals surface area contributed by atoms with Crippen LogP contribution in [0, 0.1) is 5.41 Å². The number of nitrogens with two attached hydrogens (primary N) is 1. The molecule has 1 rings (SSSR count). The third-order valence-electron chi connectivity index (χ3n) is 2.05. The Hall–Kier alpha value is -2.01. The molecule has 0 atom stereocenters. The molecule has 0 heterocycles. The molecule has 0 spiro atoms. The summed E-state index contributed by atoms with van der Waals surface area (Å²) in [4.78, 5) is 11.6. The van der Waals surface area contributed by atoms with Crippen molar-refractivity contribution < 1.29 is 4.79 Å². The minimum Gasteiger partial charge on any atom is -0.384 e. The van der Waals surface area contributed by atoms with Crippen LogP contribution in [0.2, 0.25) is 0 Å². The molecule has 0 bridgehead atoms. The number of hydrogen-bond donors (Lipinski definition) is 4. The predicted octanol–water partition coefficient (Wildman–Crippen LogP) is 1.47. The van der Waals surface area contributed by atoms with Crippen molar-refractivity contribution in [2.75, 3.05) is 12.4 Å². The van der Waals surface area contributed by atoms with Gasteiger partial charge in [0.15, 0.2) is 0 Å². The lowest BCUT2D eigenvalue weighted by Crippen LogP contribution is -2.21. The van der Waals surface area contributed by atoms with Gasteiger partial charge >= 0.3 is 0 Å². The molecule has 5 N–H and O–H groups in total. The van der Waals surface area contributed by atoms with Crippen molar-refractivity contribution in [3.05, 3.63) is 40.7 Å². The van der Waals surface area contributed by atoms with E-state index >= 15 is 0 Å². The molecule has 0 unspecified atom stereocenters. The summed E-state index contributed by atoms with van der Waals surface area (Å²) in [5.41, 5.74) is 6.61. The second kappa shape index (κ2) is 5.91.